The average Bonchev–Trinajstić information content (AvgIpc) is 2.96. The van der Waals surface area contributed by atoms with E-state index in [0.717, 1.165) is 33.7 Å². The SMILES string of the molecule is CC[C@]1(c2ccccc2)NC(=O)N(NC(=O)CSc2nc(C)c(C)c(C)n2)C1=O. The first kappa shape index (κ1) is 20.8. The highest BCUT2D eigenvalue weighted by Crippen LogP contribution is 2.31. The number of benzene rings is 1. The molecule has 0 aliphatic carbocycles. The fourth-order valence-corrected chi connectivity index (χ4v) is 3.86. The summed E-state index contributed by atoms with van der Waals surface area (Å²) in [6.07, 6.45) is 0.360. The molecule has 8 nitrogen and oxygen atoms in total. The second kappa shape index (κ2) is 8.20. The highest BCUT2D eigenvalue weighted by atomic mass is 32.2. The maximum atomic E-state index is 13.0. The lowest BCUT2D eigenvalue weighted by atomic mass is 9.87. The van der Waals surface area contributed by atoms with Crippen molar-refractivity contribution in [2.45, 2.75) is 44.8 Å². The van der Waals surface area contributed by atoms with Crippen molar-refractivity contribution < 1.29 is 14.4 Å². The molecule has 0 spiro atoms. The number of thioether (sulfide) groups is 1. The normalized spacial score (nSPS) is 18.7. The Balaban J connectivity index is 1.69. The van der Waals surface area contributed by atoms with Crippen LogP contribution in [0.3, 0.4) is 0 Å². The Morgan fingerprint density at radius 1 is 1.14 bits per heavy atom. The van der Waals surface area contributed by atoms with Crippen LogP contribution in [-0.4, -0.2) is 38.6 Å². The molecule has 29 heavy (non-hydrogen) atoms. The van der Waals surface area contributed by atoms with Gasteiger partial charge in [0.25, 0.3) is 5.91 Å². The summed E-state index contributed by atoms with van der Waals surface area (Å²) in [6.45, 7) is 7.52. The Hall–Kier alpha value is -2.94. The first-order valence-corrected chi connectivity index (χ1v) is 10.2. The number of nitrogens with one attached hydrogen (secondary N) is 2. The summed E-state index contributed by atoms with van der Waals surface area (Å²) in [5, 5.41) is 3.96. The predicted molar refractivity (Wildman–Crippen MR) is 109 cm³/mol. The smallest absolute Gasteiger partial charge is 0.318 e. The van der Waals surface area contributed by atoms with Gasteiger partial charge < -0.3 is 5.32 Å². The third-order valence-corrected chi connectivity index (χ3v) is 5.92. The van der Waals surface area contributed by atoms with Crippen LogP contribution in [0, 0.1) is 20.8 Å². The molecule has 1 aliphatic rings. The summed E-state index contributed by atoms with van der Waals surface area (Å²) >= 11 is 1.15. The van der Waals surface area contributed by atoms with E-state index in [-0.39, 0.29) is 5.75 Å². The number of urea groups is 1. The molecule has 4 amide bonds. The standard InChI is InChI=1S/C20H23N5O3S/c1-5-20(15-9-7-6-8-10-15)17(27)25(19(28)23-20)24-16(26)11-29-18-21-13(3)12(2)14(4)22-18/h6-10H,5,11H2,1-4H3,(H,23,28)(H,24,26)/t20-/m1/s1. The summed E-state index contributed by atoms with van der Waals surface area (Å²) < 4.78 is 0. The zero-order valence-corrected chi connectivity index (χ0v) is 17.6. The van der Waals surface area contributed by atoms with Gasteiger partial charge in [0.1, 0.15) is 5.54 Å². The molecule has 0 saturated carbocycles. The molecule has 3 rings (SSSR count). The van der Waals surface area contributed by atoms with Crippen molar-refractivity contribution in [2.24, 2.45) is 0 Å². The molecular weight excluding hydrogens is 390 g/mol. The van der Waals surface area contributed by atoms with Gasteiger partial charge >= 0.3 is 6.03 Å². The van der Waals surface area contributed by atoms with E-state index in [1.54, 1.807) is 24.3 Å². The van der Waals surface area contributed by atoms with Crippen molar-refractivity contribution in [1.29, 1.82) is 0 Å². The monoisotopic (exact) mass is 413 g/mol. The molecule has 0 radical (unpaired) electrons. The van der Waals surface area contributed by atoms with Crippen LogP contribution >= 0.6 is 11.8 Å². The number of imide groups is 1. The van der Waals surface area contributed by atoms with Gasteiger partial charge in [0.05, 0.1) is 5.75 Å². The van der Waals surface area contributed by atoms with Gasteiger partial charge in [0.15, 0.2) is 5.16 Å². The molecule has 2 aromatic rings. The summed E-state index contributed by atoms with van der Waals surface area (Å²) in [4.78, 5) is 46.5. The van der Waals surface area contributed by atoms with E-state index in [9.17, 15) is 14.4 Å². The molecule has 1 fully saturated rings. The number of hydrogen-bond donors (Lipinski definition) is 2. The molecular formula is C20H23N5O3S. The van der Waals surface area contributed by atoms with Crippen LogP contribution < -0.4 is 10.7 Å². The third-order valence-electron chi connectivity index (χ3n) is 5.07. The molecule has 0 unspecified atom stereocenters. The number of carbonyl (C=O) groups excluding carboxylic acids is 3. The number of hydrazine groups is 1. The van der Waals surface area contributed by atoms with E-state index >= 15 is 0 Å². The van der Waals surface area contributed by atoms with E-state index in [2.05, 4.69) is 20.7 Å². The van der Waals surface area contributed by atoms with Crippen molar-refractivity contribution in [3.05, 3.63) is 52.8 Å². The molecule has 1 saturated heterocycles. The van der Waals surface area contributed by atoms with Gasteiger partial charge in [-0.2, -0.15) is 5.01 Å². The maximum Gasteiger partial charge on any atom is 0.344 e. The van der Waals surface area contributed by atoms with Gasteiger partial charge in [-0.25, -0.2) is 14.8 Å². The highest BCUT2D eigenvalue weighted by molar-refractivity contribution is 7.99. The number of nitrogens with zero attached hydrogens (tertiary/aromatic N) is 3. The van der Waals surface area contributed by atoms with Crippen molar-refractivity contribution in [3.8, 4) is 0 Å². The summed E-state index contributed by atoms with van der Waals surface area (Å²) in [6, 6.07) is 8.34. The molecule has 152 valence electrons. The zero-order chi connectivity index (χ0) is 21.2. The Bertz CT molecular complexity index is 943. The average molecular weight is 414 g/mol. The Kier molecular flexibility index (Phi) is 5.88. The van der Waals surface area contributed by atoms with Crippen LogP contribution in [0.4, 0.5) is 4.79 Å². The lowest BCUT2D eigenvalue weighted by molar-refractivity contribution is -0.138. The number of aryl methyl sites for hydroxylation is 2. The van der Waals surface area contributed by atoms with Gasteiger partial charge in [-0.15, -0.1) is 0 Å². The van der Waals surface area contributed by atoms with Crippen molar-refractivity contribution >= 4 is 29.6 Å². The van der Waals surface area contributed by atoms with Crippen molar-refractivity contribution in [3.63, 3.8) is 0 Å². The Labute approximate surface area is 173 Å². The second-order valence-corrected chi connectivity index (χ2v) is 7.76. The molecule has 2 heterocycles. The highest BCUT2D eigenvalue weighted by Gasteiger charge is 2.52. The van der Waals surface area contributed by atoms with Crippen LogP contribution in [0.25, 0.3) is 0 Å². The zero-order valence-electron chi connectivity index (χ0n) is 16.8. The summed E-state index contributed by atoms with van der Waals surface area (Å²) in [7, 11) is 0. The molecule has 1 atom stereocenters. The second-order valence-electron chi connectivity index (χ2n) is 6.82. The molecule has 2 N–H and O–H groups in total. The van der Waals surface area contributed by atoms with Crippen LogP contribution in [0.15, 0.2) is 35.5 Å². The number of amides is 4. The molecule has 1 aromatic heterocycles. The largest absolute Gasteiger partial charge is 0.344 e. The van der Waals surface area contributed by atoms with E-state index in [1.165, 1.54) is 0 Å². The van der Waals surface area contributed by atoms with Gasteiger partial charge in [0, 0.05) is 11.4 Å². The van der Waals surface area contributed by atoms with Gasteiger partial charge in [-0.3, -0.25) is 15.0 Å². The van der Waals surface area contributed by atoms with E-state index in [1.807, 2.05) is 33.8 Å². The lowest BCUT2D eigenvalue weighted by Crippen LogP contribution is -2.49. The molecule has 1 aromatic carbocycles. The van der Waals surface area contributed by atoms with E-state index < -0.39 is 23.4 Å². The van der Waals surface area contributed by atoms with Crippen LogP contribution in [0.2, 0.25) is 0 Å². The molecule has 0 bridgehead atoms. The number of carbonyl (C=O) groups is 3. The van der Waals surface area contributed by atoms with E-state index in [4.69, 9.17) is 0 Å². The lowest BCUT2D eigenvalue weighted by Gasteiger charge is -2.25. The topological polar surface area (TPSA) is 104 Å². The quantitative estimate of drug-likeness (QED) is 0.428. The van der Waals surface area contributed by atoms with E-state index in [0.29, 0.717) is 17.1 Å². The fraction of sp³-hybridized carbons (Fsp3) is 0.350. The summed E-state index contributed by atoms with van der Waals surface area (Å²) in [5.74, 6) is -1.02. The van der Waals surface area contributed by atoms with Gasteiger partial charge in [-0.05, 0) is 38.3 Å². The first-order chi connectivity index (χ1) is 13.8. The van der Waals surface area contributed by atoms with Gasteiger partial charge in [-0.1, -0.05) is 49.0 Å². The maximum absolute atomic E-state index is 13.0. The Morgan fingerprint density at radius 3 is 2.34 bits per heavy atom. The van der Waals surface area contributed by atoms with Crippen LogP contribution in [0.5, 0.6) is 0 Å². The number of hydrogen-bond acceptors (Lipinski definition) is 6. The van der Waals surface area contributed by atoms with Crippen molar-refractivity contribution in [2.75, 3.05) is 5.75 Å². The third kappa shape index (κ3) is 3.95. The summed E-state index contributed by atoms with van der Waals surface area (Å²) in [5.41, 5.74) is 4.60. The van der Waals surface area contributed by atoms with Gasteiger partial charge in [0.2, 0.25) is 5.91 Å². The minimum Gasteiger partial charge on any atom is -0.318 e. The number of rotatable bonds is 6. The van der Waals surface area contributed by atoms with Crippen LogP contribution in [0.1, 0.15) is 35.9 Å². The minimum absolute atomic E-state index is 0.0243. The number of aromatic nitrogens is 2. The minimum atomic E-state index is -1.19. The Morgan fingerprint density at radius 2 is 1.76 bits per heavy atom. The molecule has 9 heteroatoms. The first-order valence-electron chi connectivity index (χ1n) is 9.25. The van der Waals surface area contributed by atoms with Crippen molar-refractivity contribution in [1.82, 2.24) is 25.7 Å². The fourth-order valence-electron chi connectivity index (χ4n) is 3.13. The molecule has 1 aliphatic heterocycles. The van der Waals surface area contributed by atoms with Crippen LogP contribution in [-0.2, 0) is 15.1 Å². The predicted octanol–water partition coefficient (Wildman–Crippen LogP) is 2.38.